The fraction of sp³-hybridized carbons (Fsp3) is 0.444. The molecule has 70 valence electrons. The molecule has 0 aromatic heterocycles. The zero-order chi connectivity index (χ0) is 9.42. The van der Waals surface area contributed by atoms with Crippen molar-refractivity contribution in [1.82, 2.24) is 10.2 Å². The van der Waals surface area contributed by atoms with Crippen LogP contribution in [0.1, 0.15) is 0 Å². The van der Waals surface area contributed by atoms with Gasteiger partial charge in [-0.25, -0.2) is 0 Å². The second kappa shape index (κ2) is 2.88. The normalized spacial score (nSPS) is 32.8. The van der Waals surface area contributed by atoms with Gasteiger partial charge in [0.1, 0.15) is 0 Å². The molecule has 2 aliphatic rings. The predicted octanol–water partition coefficient (Wildman–Crippen LogP) is -0.157. The van der Waals surface area contributed by atoms with Gasteiger partial charge in [0.25, 0.3) is 5.91 Å². The van der Waals surface area contributed by atoms with Crippen LogP contribution in [-0.2, 0) is 9.53 Å². The Morgan fingerprint density at radius 1 is 1.62 bits per heavy atom. The average Bonchev–Trinajstić information content (AvgIpc) is 2.54. The molecule has 0 spiro atoms. The highest BCUT2D eigenvalue weighted by molar-refractivity contribution is 5.93. The van der Waals surface area contributed by atoms with E-state index in [0.717, 1.165) is 0 Å². The molecule has 2 rings (SSSR count). The maximum atomic E-state index is 11.4. The second-order valence-corrected chi connectivity index (χ2v) is 3.22. The Labute approximate surface area is 76.9 Å². The van der Waals surface area contributed by atoms with Gasteiger partial charge in [-0.05, 0) is 6.20 Å². The molecular formula is C9H12N2O2. The van der Waals surface area contributed by atoms with Crippen molar-refractivity contribution >= 4 is 5.91 Å². The molecule has 2 heterocycles. The maximum absolute atomic E-state index is 11.4. The van der Waals surface area contributed by atoms with Crippen LogP contribution >= 0.6 is 0 Å². The minimum Gasteiger partial charge on any atom is -0.377 e. The first-order valence-corrected chi connectivity index (χ1v) is 4.22. The summed E-state index contributed by atoms with van der Waals surface area (Å²) in [6.07, 6.45) is 1.63. The van der Waals surface area contributed by atoms with Crippen molar-refractivity contribution < 1.29 is 9.53 Å². The highest BCUT2D eigenvalue weighted by atomic mass is 16.5. The number of hydrogen-bond acceptors (Lipinski definition) is 3. The molecule has 4 nitrogen and oxygen atoms in total. The molecule has 0 aliphatic carbocycles. The topological polar surface area (TPSA) is 41.6 Å². The Kier molecular flexibility index (Phi) is 1.84. The minimum atomic E-state index is -0.133. The van der Waals surface area contributed by atoms with Crippen LogP contribution in [0.5, 0.6) is 0 Å². The standard InChI is InChI=1S/C9H12N2O2/c1-3-11-6(2)9(12)10-7-4-13-5-8(7)11/h3,7-8H,1-2,4-5H2,(H,10,12). The predicted molar refractivity (Wildman–Crippen MR) is 47.7 cm³/mol. The molecular weight excluding hydrogens is 168 g/mol. The number of hydrogen-bond donors (Lipinski definition) is 1. The van der Waals surface area contributed by atoms with Crippen molar-refractivity contribution in [3.8, 4) is 0 Å². The summed E-state index contributed by atoms with van der Waals surface area (Å²) in [5.74, 6) is -0.133. The number of carbonyl (C=O) groups is 1. The summed E-state index contributed by atoms with van der Waals surface area (Å²) in [6, 6.07) is 0.249. The molecule has 4 heteroatoms. The highest BCUT2D eigenvalue weighted by Gasteiger charge is 2.39. The van der Waals surface area contributed by atoms with E-state index in [1.54, 1.807) is 11.1 Å². The van der Waals surface area contributed by atoms with E-state index in [1.807, 2.05) is 0 Å². The third-order valence-corrected chi connectivity index (χ3v) is 2.49. The lowest BCUT2D eigenvalue weighted by Crippen LogP contribution is -2.56. The molecule has 0 saturated carbocycles. The molecule has 2 saturated heterocycles. The van der Waals surface area contributed by atoms with Crippen molar-refractivity contribution in [2.45, 2.75) is 12.1 Å². The molecule has 0 radical (unpaired) electrons. The van der Waals surface area contributed by atoms with Gasteiger partial charge in [0.05, 0.1) is 31.0 Å². The van der Waals surface area contributed by atoms with Gasteiger partial charge in [-0.1, -0.05) is 13.2 Å². The monoisotopic (exact) mass is 180 g/mol. The molecule has 13 heavy (non-hydrogen) atoms. The molecule has 2 unspecified atom stereocenters. The SMILES string of the molecule is C=CN1C(=C)C(=O)NC2COCC21. The summed E-state index contributed by atoms with van der Waals surface area (Å²) in [6.45, 7) is 8.55. The van der Waals surface area contributed by atoms with Crippen molar-refractivity contribution in [2.75, 3.05) is 13.2 Å². The van der Waals surface area contributed by atoms with E-state index in [0.29, 0.717) is 18.9 Å². The van der Waals surface area contributed by atoms with E-state index in [4.69, 9.17) is 4.74 Å². The molecule has 2 atom stereocenters. The van der Waals surface area contributed by atoms with Gasteiger partial charge in [-0.3, -0.25) is 4.79 Å². The van der Waals surface area contributed by atoms with Gasteiger partial charge in [-0.15, -0.1) is 0 Å². The smallest absolute Gasteiger partial charge is 0.267 e. The van der Waals surface area contributed by atoms with E-state index >= 15 is 0 Å². The zero-order valence-corrected chi connectivity index (χ0v) is 7.32. The summed E-state index contributed by atoms with van der Waals surface area (Å²) >= 11 is 0. The number of piperazine rings is 1. The fourth-order valence-corrected chi connectivity index (χ4v) is 1.77. The Hall–Kier alpha value is -1.29. The van der Waals surface area contributed by atoms with Gasteiger partial charge >= 0.3 is 0 Å². The van der Waals surface area contributed by atoms with Crippen LogP contribution in [0.25, 0.3) is 0 Å². The molecule has 2 aliphatic heterocycles. The first-order valence-electron chi connectivity index (χ1n) is 4.22. The first-order chi connectivity index (χ1) is 6.24. The molecule has 1 N–H and O–H groups in total. The molecule has 0 aromatic rings. The maximum Gasteiger partial charge on any atom is 0.267 e. The van der Waals surface area contributed by atoms with Crippen molar-refractivity contribution in [1.29, 1.82) is 0 Å². The Bertz CT molecular complexity index is 275. The zero-order valence-electron chi connectivity index (χ0n) is 7.32. The lowest BCUT2D eigenvalue weighted by atomic mass is 10.1. The first kappa shape index (κ1) is 8.31. The van der Waals surface area contributed by atoms with Gasteiger partial charge in [-0.2, -0.15) is 0 Å². The van der Waals surface area contributed by atoms with Crippen LogP contribution in [0.4, 0.5) is 0 Å². The van der Waals surface area contributed by atoms with E-state index in [-0.39, 0.29) is 18.0 Å². The van der Waals surface area contributed by atoms with Gasteiger partial charge < -0.3 is 15.0 Å². The molecule has 0 bridgehead atoms. The molecule has 1 amide bonds. The van der Waals surface area contributed by atoms with Crippen LogP contribution in [-0.4, -0.2) is 36.1 Å². The Morgan fingerprint density at radius 2 is 2.38 bits per heavy atom. The van der Waals surface area contributed by atoms with Gasteiger partial charge in [0.15, 0.2) is 0 Å². The van der Waals surface area contributed by atoms with Crippen LogP contribution in [0.2, 0.25) is 0 Å². The summed E-state index contributed by atoms with van der Waals surface area (Å²) in [7, 11) is 0. The number of amides is 1. The number of carbonyl (C=O) groups excluding carboxylic acids is 1. The molecule has 2 fully saturated rings. The lowest BCUT2D eigenvalue weighted by Gasteiger charge is -2.36. The Balaban J connectivity index is 2.26. The minimum absolute atomic E-state index is 0.0796. The van der Waals surface area contributed by atoms with Crippen LogP contribution in [0, 0.1) is 0 Å². The van der Waals surface area contributed by atoms with Gasteiger partial charge in [0.2, 0.25) is 0 Å². The van der Waals surface area contributed by atoms with Crippen LogP contribution in [0.15, 0.2) is 25.1 Å². The van der Waals surface area contributed by atoms with E-state index in [1.165, 1.54) is 0 Å². The molecule has 0 aromatic carbocycles. The highest BCUT2D eigenvalue weighted by Crippen LogP contribution is 2.22. The summed E-state index contributed by atoms with van der Waals surface area (Å²) in [4.78, 5) is 13.1. The number of nitrogens with zero attached hydrogens (tertiary/aromatic N) is 1. The van der Waals surface area contributed by atoms with Crippen LogP contribution in [0.3, 0.4) is 0 Å². The summed E-state index contributed by atoms with van der Waals surface area (Å²) in [5, 5.41) is 2.84. The third-order valence-electron chi connectivity index (χ3n) is 2.49. The van der Waals surface area contributed by atoms with Crippen LogP contribution < -0.4 is 5.32 Å². The third kappa shape index (κ3) is 1.14. The number of rotatable bonds is 1. The largest absolute Gasteiger partial charge is 0.377 e. The number of ether oxygens (including phenoxy) is 1. The van der Waals surface area contributed by atoms with Crippen molar-refractivity contribution in [3.05, 3.63) is 25.1 Å². The lowest BCUT2D eigenvalue weighted by molar-refractivity contribution is -0.121. The number of fused-ring (bicyclic) bond motifs is 1. The van der Waals surface area contributed by atoms with Crippen molar-refractivity contribution in [2.24, 2.45) is 0 Å². The van der Waals surface area contributed by atoms with E-state index in [9.17, 15) is 4.79 Å². The van der Waals surface area contributed by atoms with Crippen molar-refractivity contribution in [3.63, 3.8) is 0 Å². The Morgan fingerprint density at radius 3 is 3.08 bits per heavy atom. The summed E-state index contributed by atoms with van der Waals surface area (Å²) in [5.41, 5.74) is 0.446. The quantitative estimate of drug-likeness (QED) is 0.570. The second-order valence-electron chi connectivity index (χ2n) is 3.22. The average molecular weight is 180 g/mol. The van der Waals surface area contributed by atoms with Gasteiger partial charge in [0, 0.05) is 0 Å². The van der Waals surface area contributed by atoms with E-state index in [2.05, 4.69) is 18.5 Å². The number of nitrogens with one attached hydrogen (secondary N) is 1. The fourth-order valence-electron chi connectivity index (χ4n) is 1.77. The summed E-state index contributed by atoms with van der Waals surface area (Å²) < 4.78 is 5.27. The van der Waals surface area contributed by atoms with E-state index < -0.39 is 0 Å².